The van der Waals surface area contributed by atoms with E-state index in [4.69, 9.17) is 0 Å². The van der Waals surface area contributed by atoms with E-state index in [1.165, 1.54) is 97.1 Å². The van der Waals surface area contributed by atoms with Crippen LogP contribution in [0.5, 0.6) is 0 Å². The molecule has 3 nitrogen and oxygen atoms in total. The van der Waals surface area contributed by atoms with Crippen molar-refractivity contribution in [3.8, 4) is 0 Å². The van der Waals surface area contributed by atoms with Crippen LogP contribution in [0.1, 0.15) is 64.7 Å². The van der Waals surface area contributed by atoms with Gasteiger partial charge in [0.25, 0.3) is 0 Å². The third kappa shape index (κ3) is 11.7. The molecule has 0 saturated carbocycles. The van der Waals surface area contributed by atoms with Gasteiger partial charge < -0.3 is 16.0 Å². The molecule has 3 heteroatoms. The summed E-state index contributed by atoms with van der Waals surface area (Å²) in [7, 11) is 0. The highest BCUT2D eigenvalue weighted by molar-refractivity contribution is 4.63. The highest BCUT2D eigenvalue weighted by Gasteiger charge is 2.04. The zero-order valence-electron chi connectivity index (χ0n) is 13.7. The van der Waals surface area contributed by atoms with Gasteiger partial charge in [0.2, 0.25) is 0 Å². The van der Waals surface area contributed by atoms with Gasteiger partial charge in [0.05, 0.1) is 0 Å². The summed E-state index contributed by atoms with van der Waals surface area (Å²) >= 11 is 0. The molecule has 0 amide bonds. The molecule has 3 fully saturated rings. The predicted octanol–water partition coefficient (Wildman–Crippen LogP) is 2.92. The molecule has 0 aliphatic carbocycles. The van der Waals surface area contributed by atoms with Crippen LogP contribution in [0, 0.1) is 5.92 Å². The summed E-state index contributed by atoms with van der Waals surface area (Å²) in [4.78, 5) is 0. The molecule has 0 spiro atoms. The van der Waals surface area contributed by atoms with E-state index >= 15 is 0 Å². The molecular formula is C17H37N3. The van der Waals surface area contributed by atoms with Crippen LogP contribution >= 0.6 is 0 Å². The van der Waals surface area contributed by atoms with E-state index in [0.29, 0.717) is 0 Å². The summed E-state index contributed by atoms with van der Waals surface area (Å²) in [6, 6.07) is 0. The number of rotatable bonds is 0. The molecule has 120 valence electrons. The van der Waals surface area contributed by atoms with Gasteiger partial charge in [-0.2, -0.15) is 0 Å². The molecule has 1 atom stereocenters. The maximum atomic E-state index is 3.35. The Labute approximate surface area is 126 Å². The number of piperidine rings is 2. The molecule has 0 bridgehead atoms. The molecule has 0 aromatic rings. The average molecular weight is 284 g/mol. The molecule has 3 rings (SSSR count). The van der Waals surface area contributed by atoms with Crippen molar-refractivity contribution in [2.75, 3.05) is 39.3 Å². The fraction of sp³-hybridized carbons (Fsp3) is 1.00. The molecule has 3 N–H and O–H groups in total. The van der Waals surface area contributed by atoms with Gasteiger partial charge in [0.1, 0.15) is 0 Å². The molecule has 3 aliphatic rings. The van der Waals surface area contributed by atoms with Crippen LogP contribution in [0.25, 0.3) is 0 Å². The highest BCUT2D eigenvalue weighted by atomic mass is 14.9. The van der Waals surface area contributed by atoms with Crippen molar-refractivity contribution in [2.45, 2.75) is 64.7 Å². The molecule has 20 heavy (non-hydrogen) atoms. The molecule has 1 unspecified atom stereocenters. The second kappa shape index (κ2) is 13.8. The van der Waals surface area contributed by atoms with Gasteiger partial charge in [-0.1, -0.05) is 26.2 Å². The predicted molar refractivity (Wildman–Crippen MR) is 89.3 cm³/mol. The largest absolute Gasteiger partial charge is 0.317 e. The topological polar surface area (TPSA) is 36.1 Å². The lowest BCUT2D eigenvalue weighted by atomic mass is 10.0. The summed E-state index contributed by atoms with van der Waals surface area (Å²) in [6.45, 7) is 9.77. The third-order valence-corrected chi connectivity index (χ3v) is 4.21. The van der Waals surface area contributed by atoms with E-state index < -0.39 is 0 Å². The second-order valence-corrected chi connectivity index (χ2v) is 6.43. The Morgan fingerprint density at radius 3 is 1.30 bits per heavy atom. The minimum Gasteiger partial charge on any atom is -0.317 e. The van der Waals surface area contributed by atoms with Crippen LogP contribution in [-0.4, -0.2) is 39.3 Å². The Balaban J connectivity index is 0.000000151. The van der Waals surface area contributed by atoms with Crippen LogP contribution in [0.15, 0.2) is 0 Å². The second-order valence-electron chi connectivity index (χ2n) is 6.43. The van der Waals surface area contributed by atoms with Gasteiger partial charge >= 0.3 is 0 Å². The van der Waals surface area contributed by atoms with E-state index in [1.54, 1.807) is 0 Å². The van der Waals surface area contributed by atoms with Gasteiger partial charge in [0.15, 0.2) is 0 Å². The van der Waals surface area contributed by atoms with Crippen molar-refractivity contribution < 1.29 is 0 Å². The molecule has 0 radical (unpaired) electrons. The van der Waals surface area contributed by atoms with Crippen LogP contribution < -0.4 is 16.0 Å². The first-order valence-electron chi connectivity index (χ1n) is 9.02. The minimum absolute atomic E-state index is 0.925. The van der Waals surface area contributed by atoms with E-state index in [2.05, 4.69) is 22.9 Å². The lowest BCUT2D eigenvalue weighted by Crippen LogP contribution is -2.27. The number of hydrogen-bond donors (Lipinski definition) is 3. The molecular weight excluding hydrogens is 246 g/mol. The van der Waals surface area contributed by atoms with E-state index in [0.717, 1.165) is 5.92 Å². The van der Waals surface area contributed by atoms with Gasteiger partial charge in [-0.15, -0.1) is 0 Å². The molecule has 3 saturated heterocycles. The zero-order valence-corrected chi connectivity index (χ0v) is 13.7. The van der Waals surface area contributed by atoms with Crippen molar-refractivity contribution in [1.82, 2.24) is 16.0 Å². The lowest BCUT2D eigenvalue weighted by molar-refractivity contribution is 0.405. The standard InChI is InChI=1S/2C6H13N.C5H11N/c1-6-3-2-4-7-5-6;1-2-4-6-7-5-3-1;1-2-4-6-5-3-1/h6-7H,2-5H2,1H3;7H,1-6H2;6H,1-5H2. The summed E-state index contributed by atoms with van der Waals surface area (Å²) in [5, 5.41) is 9.97. The Bertz CT molecular complexity index is 156. The average Bonchev–Trinajstić information content (AvgIpc) is 2.84. The molecule has 0 aromatic heterocycles. The van der Waals surface area contributed by atoms with Crippen LogP contribution in [0.4, 0.5) is 0 Å². The van der Waals surface area contributed by atoms with Crippen LogP contribution in [-0.2, 0) is 0 Å². The summed E-state index contributed by atoms with van der Waals surface area (Å²) in [5.74, 6) is 0.925. The van der Waals surface area contributed by atoms with Crippen molar-refractivity contribution in [3.05, 3.63) is 0 Å². The summed E-state index contributed by atoms with van der Waals surface area (Å²) < 4.78 is 0. The maximum absolute atomic E-state index is 3.35. The van der Waals surface area contributed by atoms with Gasteiger partial charge in [-0.25, -0.2) is 0 Å². The Hall–Kier alpha value is -0.120. The fourth-order valence-electron chi connectivity index (χ4n) is 2.81. The van der Waals surface area contributed by atoms with Crippen LogP contribution in [0.3, 0.4) is 0 Å². The van der Waals surface area contributed by atoms with Gasteiger partial charge in [-0.05, 0) is 83.7 Å². The first kappa shape index (κ1) is 17.9. The molecule has 3 aliphatic heterocycles. The first-order valence-corrected chi connectivity index (χ1v) is 9.02. The third-order valence-electron chi connectivity index (χ3n) is 4.21. The minimum atomic E-state index is 0.925. The zero-order chi connectivity index (χ0) is 14.3. The monoisotopic (exact) mass is 283 g/mol. The van der Waals surface area contributed by atoms with Crippen molar-refractivity contribution in [1.29, 1.82) is 0 Å². The fourth-order valence-corrected chi connectivity index (χ4v) is 2.81. The molecule has 3 heterocycles. The van der Waals surface area contributed by atoms with Crippen LogP contribution in [0.2, 0.25) is 0 Å². The lowest BCUT2D eigenvalue weighted by Gasteiger charge is -2.17. The SMILES string of the molecule is C1CCCNCC1.C1CCNCC1.CC1CCCNC1. The maximum Gasteiger partial charge on any atom is -0.00231 e. The van der Waals surface area contributed by atoms with Crippen molar-refractivity contribution in [2.24, 2.45) is 5.92 Å². The van der Waals surface area contributed by atoms with E-state index in [9.17, 15) is 0 Å². The Morgan fingerprint density at radius 2 is 1.00 bits per heavy atom. The van der Waals surface area contributed by atoms with E-state index in [1.807, 2.05) is 0 Å². The molecule has 0 aromatic carbocycles. The van der Waals surface area contributed by atoms with Crippen molar-refractivity contribution >= 4 is 0 Å². The Kier molecular flexibility index (Phi) is 12.4. The highest BCUT2D eigenvalue weighted by Crippen LogP contribution is 2.06. The van der Waals surface area contributed by atoms with Crippen molar-refractivity contribution in [3.63, 3.8) is 0 Å². The number of nitrogens with one attached hydrogen (secondary N) is 3. The number of hydrogen-bond acceptors (Lipinski definition) is 3. The summed E-state index contributed by atoms with van der Waals surface area (Å²) in [6.07, 6.45) is 12.7. The smallest absolute Gasteiger partial charge is 0.00231 e. The Morgan fingerprint density at radius 1 is 0.550 bits per heavy atom. The van der Waals surface area contributed by atoms with Gasteiger partial charge in [-0.3, -0.25) is 0 Å². The summed E-state index contributed by atoms with van der Waals surface area (Å²) in [5.41, 5.74) is 0. The normalized spacial score (nSPS) is 27.1. The van der Waals surface area contributed by atoms with E-state index in [-0.39, 0.29) is 0 Å². The quantitative estimate of drug-likeness (QED) is 0.640. The van der Waals surface area contributed by atoms with Gasteiger partial charge in [0, 0.05) is 0 Å². The first-order chi connectivity index (χ1) is 9.89.